The summed E-state index contributed by atoms with van der Waals surface area (Å²) in [6.45, 7) is 8.58. The first kappa shape index (κ1) is 25.0. The second-order valence-corrected chi connectivity index (χ2v) is 6.41. The van der Waals surface area contributed by atoms with E-state index < -0.39 is 0 Å². The summed E-state index contributed by atoms with van der Waals surface area (Å²) in [6, 6.07) is 7.61. The molecule has 1 fully saturated rings. The lowest BCUT2D eigenvalue weighted by atomic mass is 10.0. The third-order valence-electron chi connectivity index (χ3n) is 4.97. The predicted molar refractivity (Wildman–Crippen MR) is 112 cm³/mol. The first-order valence-corrected chi connectivity index (χ1v) is 9.14. The summed E-state index contributed by atoms with van der Waals surface area (Å²) in [5.41, 5.74) is 6.45. The molecule has 0 radical (unpaired) electrons. The van der Waals surface area contributed by atoms with Crippen LogP contribution in [0.5, 0.6) is 5.75 Å². The molecule has 0 aromatic heterocycles. The third kappa shape index (κ3) is 7.31. The van der Waals surface area contributed by atoms with E-state index in [0.29, 0.717) is 24.6 Å². The van der Waals surface area contributed by atoms with Crippen molar-refractivity contribution in [2.45, 2.75) is 39.2 Å². The summed E-state index contributed by atoms with van der Waals surface area (Å²) in [6.07, 6.45) is 3.28. The lowest BCUT2D eigenvalue weighted by Gasteiger charge is -2.19. The molecular formula is C19H33Cl2N3O2. The highest BCUT2D eigenvalue weighted by Gasteiger charge is 2.27. The van der Waals surface area contributed by atoms with Crippen LogP contribution in [0, 0.1) is 5.92 Å². The third-order valence-corrected chi connectivity index (χ3v) is 4.97. The van der Waals surface area contributed by atoms with E-state index in [0.717, 1.165) is 44.6 Å². The van der Waals surface area contributed by atoms with Crippen LogP contribution >= 0.6 is 24.8 Å². The molecular weight excluding hydrogens is 373 g/mol. The van der Waals surface area contributed by atoms with E-state index in [9.17, 15) is 4.79 Å². The van der Waals surface area contributed by atoms with Crippen LogP contribution in [0.2, 0.25) is 0 Å². The van der Waals surface area contributed by atoms with Gasteiger partial charge in [-0.3, -0.25) is 4.79 Å². The van der Waals surface area contributed by atoms with Crippen LogP contribution in [-0.2, 0) is 0 Å². The molecule has 150 valence electrons. The average molecular weight is 406 g/mol. The van der Waals surface area contributed by atoms with E-state index in [2.05, 4.69) is 24.1 Å². The minimum Gasteiger partial charge on any atom is -0.492 e. The molecule has 0 bridgehead atoms. The van der Waals surface area contributed by atoms with Crippen molar-refractivity contribution < 1.29 is 9.53 Å². The monoisotopic (exact) mass is 405 g/mol. The minimum absolute atomic E-state index is 0. The zero-order valence-corrected chi connectivity index (χ0v) is 17.4. The molecule has 26 heavy (non-hydrogen) atoms. The zero-order valence-electron chi connectivity index (χ0n) is 15.8. The predicted octanol–water partition coefficient (Wildman–Crippen LogP) is 3.11. The number of ether oxygens (including phenoxy) is 1. The van der Waals surface area contributed by atoms with Crippen molar-refractivity contribution in [1.29, 1.82) is 0 Å². The molecule has 3 N–H and O–H groups in total. The molecule has 1 saturated carbocycles. The van der Waals surface area contributed by atoms with Gasteiger partial charge in [0.2, 0.25) is 0 Å². The second-order valence-electron chi connectivity index (χ2n) is 6.41. The summed E-state index contributed by atoms with van der Waals surface area (Å²) >= 11 is 0. The van der Waals surface area contributed by atoms with Crippen LogP contribution in [0.3, 0.4) is 0 Å². The van der Waals surface area contributed by atoms with Crippen molar-refractivity contribution in [2.75, 3.05) is 32.8 Å². The van der Waals surface area contributed by atoms with Gasteiger partial charge in [0.25, 0.3) is 5.91 Å². The molecule has 1 aromatic rings. The number of carbonyl (C=O) groups excluding carboxylic acids is 1. The number of likely N-dealkylation sites (N-methyl/N-ethyl adjacent to an activating group) is 1. The smallest absolute Gasteiger partial charge is 0.251 e. The molecule has 7 heteroatoms. The van der Waals surface area contributed by atoms with Crippen LogP contribution in [-0.4, -0.2) is 49.6 Å². The van der Waals surface area contributed by atoms with Crippen LogP contribution in [0.4, 0.5) is 0 Å². The van der Waals surface area contributed by atoms with E-state index in [1.54, 1.807) is 0 Å². The molecule has 1 aliphatic carbocycles. The van der Waals surface area contributed by atoms with Gasteiger partial charge in [-0.15, -0.1) is 24.8 Å². The Hall–Kier alpha value is -1.01. The minimum atomic E-state index is -0.0185. The zero-order chi connectivity index (χ0) is 17.4. The molecule has 1 aromatic carbocycles. The fourth-order valence-electron chi connectivity index (χ4n) is 3.30. The quantitative estimate of drug-likeness (QED) is 0.661. The molecule has 2 unspecified atom stereocenters. The van der Waals surface area contributed by atoms with E-state index >= 15 is 0 Å². The lowest BCUT2D eigenvalue weighted by molar-refractivity contribution is 0.0928. The van der Waals surface area contributed by atoms with Crippen molar-refractivity contribution >= 4 is 30.7 Å². The van der Waals surface area contributed by atoms with Gasteiger partial charge >= 0.3 is 0 Å². The summed E-state index contributed by atoms with van der Waals surface area (Å²) < 4.78 is 5.75. The van der Waals surface area contributed by atoms with Crippen molar-refractivity contribution in [3.63, 3.8) is 0 Å². The fourth-order valence-corrected chi connectivity index (χ4v) is 3.30. The van der Waals surface area contributed by atoms with E-state index in [4.69, 9.17) is 10.5 Å². The molecule has 0 saturated heterocycles. The number of benzene rings is 1. The number of nitrogens with one attached hydrogen (secondary N) is 1. The highest BCUT2D eigenvalue weighted by atomic mass is 35.5. The second kappa shape index (κ2) is 13.2. The van der Waals surface area contributed by atoms with E-state index in [1.807, 2.05) is 24.3 Å². The highest BCUT2D eigenvalue weighted by molar-refractivity contribution is 5.94. The summed E-state index contributed by atoms with van der Waals surface area (Å²) in [4.78, 5) is 14.7. The summed E-state index contributed by atoms with van der Waals surface area (Å²) in [5.74, 6) is 1.20. The maximum atomic E-state index is 12.4. The Bertz CT molecular complexity index is 510. The highest BCUT2D eigenvalue weighted by Crippen LogP contribution is 2.25. The van der Waals surface area contributed by atoms with Crippen LogP contribution < -0.4 is 15.8 Å². The van der Waals surface area contributed by atoms with Gasteiger partial charge in [0.1, 0.15) is 12.4 Å². The summed E-state index contributed by atoms with van der Waals surface area (Å²) in [5, 5.41) is 3.12. The molecule has 1 amide bonds. The van der Waals surface area contributed by atoms with Crippen LogP contribution in [0.15, 0.2) is 24.3 Å². The molecule has 0 spiro atoms. The Balaban J connectivity index is 0.00000312. The molecule has 5 nitrogen and oxygen atoms in total. The van der Waals surface area contributed by atoms with Gasteiger partial charge in [0, 0.05) is 18.2 Å². The number of halogens is 2. The average Bonchev–Trinajstić information content (AvgIpc) is 3.06. The normalized spacial score (nSPS) is 18.8. The molecule has 0 aliphatic heterocycles. The van der Waals surface area contributed by atoms with Gasteiger partial charge in [-0.2, -0.15) is 0 Å². The Morgan fingerprint density at radius 1 is 1.19 bits per heavy atom. The number of amides is 1. The Kier molecular flexibility index (Phi) is 12.7. The molecule has 1 aliphatic rings. The van der Waals surface area contributed by atoms with Gasteiger partial charge in [0.05, 0.1) is 0 Å². The SMILES string of the molecule is CCN(CC)CCOc1ccc(C(=O)NC2CCCC2CN)cc1.Cl.Cl. The Labute approximate surface area is 169 Å². The van der Waals surface area contributed by atoms with Crippen molar-refractivity contribution in [3.8, 4) is 5.75 Å². The fraction of sp³-hybridized carbons (Fsp3) is 0.632. The van der Waals surface area contributed by atoms with Gasteiger partial charge < -0.3 is 20.7 Å². The largest absolute Gasteiger partial charge is 0.492 e. The number of hydrogen-bond donors (Lipinski definition) is 2. The van der Waals surface area contributed by atoms with Gasteiger partial charge in [-0.05, 0) is 62.7 Å². The standard InChI is InChI=1S/C19H31N3O2.2ClH/c1-3-22(4-2)12-13-24-17-10-8-15(9-11-17)19(23)21-18-7-5-6-16(18)14-20;;/h8-11,16,18H,3-7,12-14,20H2,1-2H3,(H,21,23);2*1H. The maximum Gasteiger partial charge on any atom is 0.251 e. The van der Waals surface area contributed by atoms with Gasteiger partial charge in [-0.25, -0.2) is 0 Å². The number of hydrogen-bond acceptors (Lipinski definition) is 4. The first-order chi connectivity index (χ1) is 11.7. The van der Waals surface area contributed by atoms with Crippen LogP contribution in [0.1, 0.15) is 43.5 Å². The van der Waals surface area contributed by atoms with Crippen LogP contribution in [0.25, 0.3) is 0 Å². The first-order valence-electron chi connectivity index (χ1n) is 9.14. The number of nitrogens with zero attached hydrogens (tertiary/aromatic N) is 1. The number of nitrogens with two attached hydrogens (primary N) is 1. The lowest BCUT2D eigenvalue weighted by Crippen LogP contribution is -2.39. The van der Waals surface area contributed by atoms with E-state index in [-0.39, 0.29) is 36.8 Å². The topological polar surface area (TPSA) is 67.6 Å². The van der Waals surface area contributed by atoms with Crippen molar-refractivity contribution in [2.24, 2.45) is 11.7 Å². The molecule has 2 atom stereocenters. The Morgan fingerprint density at radius 3 is 2.42 bits per heavy atom. The molecule has 0 heterocycles. The maximum absolute atomic E-state index is 12.4. The molecule has 2 rings (SSSR count). The van der Waals surface area contributed by atoms with Crippen molar-refractivity contribution in [3.05, 3.63) is 29.8 Å². The number of rotatable bonds is 9. The van der Waals surface area contributed by atoms with Gasteiger partial charge in [-0.1, -0.05) is 20.3 Å². The Morgan fingerprint density at radius 2 is 1.85 bits per heavy atom. The van der Waals surface area contributed by atoms with Crippen molar-refractivity contribution in [1.82, 2.24) is 10.2 Å². The van der Waals surface area contributed by atoms with E-state index in [1.165, 1.54) is 0 Å². The van der Waals surface area contributed by atoms with Gasteiger partial charge in [0.15, 0.2) is 0 Å². The summed E-state index contributed by atoms with van der Waals surface area (Å²) in [7, 11) is 0. The number of carbonyl (C=O) groups is 1.